The van der Waals surface area contributed by atoms with Crippen molar-refractivity contribution in [2.45, 2.75) is 52.1 Å². The third kappa shape index (κ3) is 5.59. The van der Waals surface area contributed by atoms with E-state index in [1.807, 2.05) is 0 Å². The Balaban J connectivity index is 2.46. The number of carbonyl (C=O) groups excluding carboxylic acids is 2. The van der Waals surface area contributed by atoms with Crippen molar-refractivity contribution in [2.75, 3.05) is 13.7 Å². The van der Waals surface area contributed by atoms with Crippen LogP contribution in [0.1, 0.15) is 40.0 Å². The van der Waals surface area contributed by atoms with Gasteiger partial charge in [0.1, 0.15) is 6.04 Å². The van der Waals surface area contributed by atoms with Gasteiger partial charge in [-0.15, -0.1) is 0 Å². The maximum absolute atomic E-state index is 11.6. The van der Waals surface area contributed by atoms with Crippen LogP contribution < -0.4 is 10.6 Å². The van der Waals surface area contributed by atoms with Gasteiger partial charge in [0.15, 0.2) is 0 Å². The van der Waals surface area contributed by atoms with Crippen LogP contribution in [0.4, 0.5) is 0 Å². The van der Waals surface area contributed by atoms with Crippen LogP contribution in [-0.4, -0.2) is 37.6 Å². The number of hydrogen-bond donors (Lipinski definition) is 2. The Morgan fingerprint density at radius 2 is 1.79 bits per heavy atom. The Labute approximate surface area is 115 Å². The topological polar surface area (TPSA) is 67.4 Å². The van der Waals surface area contributed by atoms with Crippen LogP contribution in [0, 0.1) is 11.8 Å². The highest BCUT2D eigenvalue weighted by molar-refractivity contribution is 5.83. The second kappa shape index (κ2) is 7.48. The minimum absolute atomic E-state index is 0.220. The van der Waals surface area contributed by atoms with Crippen LogP contribution >= 0.6 is 0 Å². The first-order valence-electron chi connectivity index (χ1n) is 7.00. The van der Waals surface area contributed by atoms with Crippen molar-refractivity contribution in [3.05, 3.63) is 0 Å². The molecule has 0 aromatic heterocycles. The quantitative estimate of drug-likeness (QED) is 0.734. The lowest BCUT2D eigenvalue weighted by molar-refractivity contribution is -0.144. The highest BCUT2D eigenvalue weighted by Gasteiger charge is 2.26. The molecule has 0 bridgehead atoms. The van der Waals surface area contributed by atoms with E-state index in [0.717, 1.165) is 12.8 Å². The molecule has 1 amide bonds. The summed E-state index contributed by atoms with van der Waals surface area (Å²) in [5.41, 5.74) is 0. The largest absolute Gasteiger partial charge is 0.467 e. The summed E-state index contributed by atoms with van der Waals surface area (Å²) in [6.45, 7) is 6.35. The van der Waals surface area contributed by atoms with Crippen molar-refractivity contribution in [3.63, 3.8) is 0 Å². The maximum atomic E-state index is 11.6. The molecule has 3 atom stereocenters. The Morgan fingerprint density at radius 3 is 2.26 bits per heavy atom. The molecule has 3 unspecified atom stereocenters. The van der Waals surface area contributed by atoms with Crippen molar-refractivity contribution in [2.24, 2.45) is 11.8 Å². The predicted octanol–water partition coefficient (Wildman–Crippen LogP) is 1.08. The summed E-state index contributed by atoms with van der Waals surface area (Å²) in [7, 11) is 1.34. The molecule has 5 nitrogen and oxygen atoms in total. The minimum atomic E-state index is -0.602. The molecule has 0 radical (unpaired) electrons. The van der Waals surface area contributed by atoms with Crippen LogP contribution in [0.5, 0.6) is 0 Å². The third-order valence-corrected chi connectivity index (χ3v) is 3.65. The van der Waals surface area contributed by atoms with Gasteiger partial charge in [-0.1, -0.05) is 13.8 Å². The fourth-order valence-electron chi connectivity index (χ4n) is 2.98. The lowest BCUT2D eigenvalue weighted by Gasteiger charge is -2.32. The van der Waals surface area contributed by atoms with Crippen LogP contribution in [0.25, 0.3) is 0 Å². The molecule has 2 N–H and O–H groups in total. The molecule has 0 aromatic carbocycles. The molecule has 0 spiro atoms. The van der Waals surface area contributed by atoms with E-state index in [9.17, 15) is 9.59 Å². The van der Waals surface area contributed by atoms with Gasteiger partial charge in [-0.3, -0.25) is 4.79 Å². The first kappa shape index (κ1) is 16.0. The second-order valence-corrected chi connectivity index (χ2v) is 5.80. The van der Waals surface area contributed by atoms with Crippen molar-refractivity contribution in [1.29, 1.82) is 0 Å². The zero-order chi connectivity index (χ0) is 14.4. The van der Waals surface area contributed by atoms with Crippen molar-refractivity contribution in [1.82, 2.24) is 10.6 Å². The first-order valence-corrected chi connectivity index (χ1v) is 7.00. The minimum Gasteiger partial charge on any atom is -0.467 e. The Morgan fingerprint density at radius 1 is 1.21 bits per heavy atom. The van der Waals surface area contributed by atoms with Crippen LogP contribution in [0.15, 0.2) is 0 Å². The number of methoxy groups -OCH3 is 1. The van der Waals surface area contributed by atoms with Crippen molar-refractivity contribution in [3.8, 4) is 0 Å². The average Bonchev–Trinajstić information content (AvgIpc) is 2.31. The molecule has 0 heterocycles. The summed E-state index contributed by atoms with van der Waals surface area (Å²) in [5, 5.41) is 6.00. The van der Waals surface area contributed by atoms with E-state index in [0.29, 0.717) is 24.4 Å². The molecule has 1 fully saturated rings. The van der Waals surface area contributed by atoms with E-state index < -0.39 is 12.0 Å². The number of esters is 1. The number of hydrogen-bond acceptors (Lipinski definition) is 4. The highest BCUT2D eigenvalue weighted by atomic mass is 16.5. The predicted molar refractivity (Wildman–Crippen MR) is 73.6 cm³/mol. The molecule has 19 heavy (non-hydrogen) atoms. The second-order valence-electron chi connectivity index (χ2n) is 5.80. The third-order valence-electron chi connectivity index (χ3n) is 3.65. The van der Waals surface area contributed by atoms with Gasteiger partial charge in [-0.2, -0.15) is 0 Å². The molecular weight excluding hydrogens is 244 g/mol. The number of carbonyl (C=O) groups is 2. The highest BCUT2D eigenvalue weighted by Crippen LogP contribution is 2.28. The lowest BCUT2D eigenvalue weighted by Crippen LogP contribution is -2.50. The van der Waals surface area contributed by atoms with Crippen LogP contribution in [0.3, 0.4) is 0 Å². The molecule has 1 saturated carbocycles. The number of ether oxygens (including phenoxy) is 1. The summed E-state index contributed by atoms with van der Waals surface area (Å²) in [6, 6.07) is -0.185. The first-order chi connectivity index (χ1) is 8.92. The normalized spacial score (nSPS) is 28.5. The average molecular weight is 270 g/mol. The number of rotatable bonds is 5. The van der Waals surface area contributed by atoms with E-state index in [-0.39, 0.29) is 5.91 Å². The number of nitrogens with one attached hydrogen (secondary N) is 2. The Hall–Kier alpha value is -1.10. The van der Waals surface area contributed by atoms with E-state index in [1.165, 1.54) is 20.5 Å². The van der Waals surface area contributed by atoms with Gasteiger partial charge >= 0.3 is 5.97 Å². The molecule has 0 aliphatic heterocycles. The zero-order valence-corrected chi connectivity index (χ0v) is 12.4. The van der Waals surface area contributed by atoms with Crippen molar-refractivity contribution >= 4 is 11.9 Å². The smallest absolute Gasteiger partial charge is 0.329 e. The molecule has 1 rings (SSSR count). The fourth-order valence-corrected chi connectivity index (χ4v) is 2.98. The van der Waals surface area contributed by atoms with Gasteiger partial charge < -0.3 is 15.4 Å². The van der Waals surface area contributed by atoms with Crippen LogP contribution in [0.2, 0.25) is 0 Å². The summed E-state index contributed by atoms with van der Waals surface area (Å²) < 4.78 is 4.70. The molecule has 5 heteroatoms. The summed E-state index contributed by atoms with van der Waals surface area (Å²) >= 11 is 0. The van der Waals surface area contributed by atoms with Crippen molar-refractivity contribution < 1.29 is 14.3 Å². The molecule has 110 valence electrons. The summed E-state index contributed by atoms with van der Waals surface area (Å²) in [4.78, 5) is 22.7. The molecule has 0 saturated heterocycles. The zero-order valence-electron chi connectivity index (χ0n) is 12.4. The molecule has 0 aromatic rings. The summed E-state index contributed by atoms with van der Waals surface area (Å²) in [5.74, 6) is 0.791. The van der Waals surface area contributed by atoms with Gasteiger partial charge in [0, 0.05) is 19.5 Å². The van der Waals surface area contributed by atoms with Gasteiger partial charge in [0.25, 0.3) is 0 Å². The molecular formula is C14H26N2O3. The van der Waals surface area contributed by atoms with E-state index >= 15 is 0 Å². The SMILES string of the molecule is COC(=O)C(CNC1CC(C)CC(C)C1)NC(C)=O. The standard InChI is InChI=1S/C14H26N2O3/c1-9-5-10(2)7-12(6-9)15-8-13(14(18)19-4)16-11(3)17/h9-10,12-13,15H,5-8H2,1-4H3,(H,16,17). The Kier molecular flexibility index (Phi) is 6.28. The lowest BCUT2D eigenvalue weighted by atomic mass is 9.80. The molecule has 1 aliphatic carbocycles. The maximum Gasteiger partial charge on any atom is 0.329 e. The number of amides is 1. The van der Waals surface area contributed by atoms with Crippen LogP contribution in [-0.2, 0) is 14.3 Å². The van der Waals surface area contributed by atoms with Gasteiger partial charge in [0.05, 0.1) is 7.11 Å². The summed E-state index contributed by atoms with van der Waals surface area (Å²) in [6.07, 6.45) is 3.51. The van der Waals surface area contributed by atoms with Gasteiger partial charge in [-0.25, -0.2) is 4.79 Å². The monoisotopic (exact) mass is 270 g/mol. The van der Waals surface area contributed by atoms with E-state index in [4.69, 9.17) is 4.74 Å². The Bertz CT molecular complexity index is 310. The van der Waals surface area contributed by atoms with E-state index in [1.54, 1.807) is 0 Å². The fraction of sp³-hybridized carbons (Fsp3) is 0.857. The van der Waals surface area contributed by atoms with E-state index in [2.05, 4.69) is 24.5 Å². The van der Waals surface area contributed by atoms with Gasteiger partial charge in [0.2, 0.25) is 5.91 Å². The van der Waals surface area contributed by atoms with Gasteiger partial charge in [-0.05, 0) is 31.1 Å². The molecule has 1 aliphatic rings.